The zero-order chi connectivity index (χ0) is 31.1. The first-order chi connectivity index (χ1) is 20.3. The number of nitrogens with zero attached hydrogens (tertiary/aromatic N) is 2. The fourth-order valence-electron chi connectivity index (χ4n) is 5.02. The summed E-state index contributed by atoms with van der Waals surface area (Å²) in [5.41, 5.74) is 1.32. The lowest BCUT2D eigenvalue weighted by Gasteiger charge is -2.22. The number of fused-ring (bicyclic) bond motifs is 2. The van der Waals surface area contributed by atoms with Crippen LogP contribution < -0.4 is 4.74 Å². The lowest BCUT2D eigenvalue weighted by atomic mass is 9.79. The standard InChI is InChI=1S/C35H33ClN2O5/c1-34(2,3)32(40)29-26(19-35(4,5)33(41)42)30(31(39)22-10-13-23(36)14-11-22)38-17-16-25(18-28(29)38)43-20-24-15-12-21-8-6-7-9-27(21)37-24/h6-18H,19-20H2,1-5H3,(H,41,42). The van der Waals surface area contributed by atoms with Gasteiger partial charge < -0.3 is 14.2 Å². The molecule has 0 saturated carbocycles. The first kappa shape index (κ1) is 30.0. The summed E-state index contributed by atoms with van der Waals surface area (Å²) >= 11 is 6.08. The molecule has 0 aliphatic carbocycles. The van der Waals surface area contributed by atoms with E-state index in [1.54, 1.807) is 81.6 Å². The Balaban J connectivity index is 1.67. The maximum Gasteiger partial charge on any atom is 0.309 e. The Hall–Kier alpha value is -4.49. The minimum atomic E-state index is -1.26. The summed E-state index contributed by atoms with van der Waals surface area (Å²) < 4.78 is 7.81. The number of benzene rings is 2. The predicted octanol–water partition coefficient (Wildman–Crippen LogP) is 7.83. The number of rotatable bonds is 9. The first-order valence-corrected chi connectivity index (χ1v) is 14.4. The number of ether oxygens (including phenoxy) is 1. The highest BCUT2D eigenvalue weighted by molar-refractivity contribution is 6.30. The van der Waals surface area contributed by atoms with Crippen LogP contribution in [-0.4, -0.2) is 32.0 Å². The number of Topliss-reactive ketones (excluding diaryl/α,β-unsaturated/α-hetero) is 1. The van der Waals surface area contributed by atoms with E-state index in [2.05, 4.69) is 4.98 Å². The van der Waals surface area contributed by atoms with E-state index in [1.165, 1.54) is 0 Å². The molecular weight excluding hydrogens is 564 g/mol. The first-order valence-electron chi connectivity index (χ1n) is 14.0. The van der Waals surface area contributed by atoms with Gasteiger partial charge in [0.15, 0.2) is 5.78 Å². The number of aromatic nitrogens is 2. The number of carbonyl (C=O) groups excluding carboxylic acids is 2. The van der Waals surface area contributed by atoms with Crippen LogP contribution >= 0.6 is 11.6 Å². The third kappa shape index (κ3) is 6.04. The van der Waals surface area contributed by atoms with E-state index < -0.39 is 16.8 Å². The molecular formula is C35H33ClN2O5. The van der Waals surface area contributed by atoms with Gasteiger partial charge >= 0.3 is 5.97 Å². The van der Waals surface area contributed by atoms with Crippen LogP contribution in [0.2, 0.25) is 5.02 Å². The van der Waals surface area contributed by atoms with Gasteiger partial charge in [-0.3, -0.25) is 14.4 Å². The van der Waals surface area contributed by atoms with Crippen molar-refractivity contribution in [2.45, 2.75) is 47.6 Å². The van der Waals surface area contributed by atoms with Gasteiger partial charge in [-0.25, -0.2) is 4.98 Å². The van der Waals surface area contributed by atoms with E-state index in [-0.39, 0.29) is 30.3 Å². The van der Waals surface area contributed by atoms with E-state index in [9.17, 15) is 19.5 Å². The molecule has 1 N–H and O–H groups in total. The van der Waals surface area contributed by atoms with Gasteiger partial charge in [-0.2, -0.15) is 0 Å². The SMILES string of the molecule is CC(C)(C)C(=O)c1c(CC(C)(C)C(=O)O)c(C(=O)c2ccc(Cl)cc2)n2ccc(OCc3ccc4ccccc4n3)cc12. The minimum Gasteiger partial charge on any atom is -0.487 e. The van der Waals surface area contributed by atoms with Crippen LogP contribution in [-0.2, 0) is 17.8 Å². The number of carboxylic acids is 1. The molecule has 0 unspecified atom stereocenters. The molecule has 0 aliphatic heterocycles. The molecule has 5 rings (SSSR count). The van der Waals surface area contributed by atoms with Crippen molar-refractivity contribution < 1.29 is 24.2 Å². The summed E-state index contributed by atoms with van der Waals surface area (Å²) in [6.07, 6.45) is 1.66. The molecule has 0 aliphatic rings. The number of hydrogen-bond donors (Lipinski definition) is 1. The second-order valence-corrected chi connectivity index (χ2v) is 12.8. The maximum atomic E-state index is 14.1. The van der Waals surface area contributed by atoms with E-state index in [0.717, 1.165) is 16.6 Å². The fraction of sp³-hybridized carbons (Fsp3) is 0.257. The van der Waals surface area contributed by atoms with Crippen LogP contribution in [0.3, 0.4) is 0 Å². The second-order valence-electron chi connectivity index (χ2n) is 12.4. The van der Waals surface area contributed by atoms with Crippen LogP contribution in [0.4, 0.5) is 0 Å². The van der Waals surface area contributed by atoms with Crippen molar-refractivity contribution in [1.82, 2.24) is 9.38 Å². The molecule has 7 nitrogen and oxygen atoms in total. The van der Waals surface area contributed by atoms with Crippen LogP contribution in [0, 0.1) is 10.8 Å². The second kappa shape index (κ2) is 11.3. The summed E-state index contributed by atoms with van der Waals surface area (Å²) in [6, 6.07) is 21.7. The van der Waals surface area contributed by atoms with Crippen LogP contribution in [0.1, 0.15) is 72.3 Å². The van der Waals surface area contributed by atoms with Crippen molar-refractivity contribution in [3.8, 4) is 5.75 Å². The molecule has 0 atom stereocenters. The number of carbonyl (C=O) groups is 3. The quantitative estimate of drug-likeness (QED) is 0.174. The van der Waals surface area contributed by atoms with Gasteiger partial charge in [0, 0.05) is 39.2 Å². The Labute approximate surface area is 255 Å². The third-order valence-electron chi connectivity index (χ3n) is 7.48. The molecule has 0 spiro atoms. The Morgan fingerprint density at radius 2 is 1.63 bits per heavy atom. The molecule has 220 valence electrons. The molecule has 3 aromatic heterocycles. The van der Waals surface area contributed by atoms with E-state index in [4.69, 9.17) is 16.3 Å². The van der Waals surface area contributed by atoms with Gasteiger partial charge in [0.05, 0.1) is 27.8 Å². The number of carboxylic acid groups (broad SMARTS) is 1. The zero-order valence-electron chi connectivity index (χ0n) is 24.8. The average Bonchev–Trinajstić information content (AvgIpc) is 3.26. The average molecular weight is 597 g/mol. The predicted molar refractivity (Wildman–Crippen MR) is 167 cm³/mol. The number of ketones is 2. The highest BCUT2D eigenvalue weighted by Gasteiger charge is 2.37. The maximum absolute atomic E-state index is 14.1. The molecule has 0 saturated heterocycles. The largest absolute Gasteiger partial charge is 0.487 e. The molecule has 0 radical (unpaired) electrons. The van der Waals surface area contributed by atoms with E-state index >= 15 is 0 Å². The topological polar surface area (TPSA) is 98.0 Å². The number of hydrogen-bond acceptors (Lipinski definition) is 5. The Kier molecular flexibility index (Phi) is 7.88. The van der Waals surface area contributed by atoms with Crippen LogP contribution in [0.25, 0.3) is 16.4 Å². The Bertz CT molecular complexity index is 1880. The van der Waals surface area contributed by atoms with Gasteiger partial charge in [-0.15, -0.1) is 0 Å². The van der Waals surface area contributed by atoms with Crippen molar-refractivity contribution in [2.24, 2.45) is 10.8 Å². The summed E-state index contributed by atoms with van der Waals surface area (Å²) in [5, 5.41) is 11.5. The van der Waals surface area contributed by atoms with Gasteiger partial charge in [0.1, 0.15) is 12.4 Å². The molecule has 0 amide bonds. The van der Waals surface area contributed by atoms with Gasteiger partial charge in [0.25, 0.3) is 0 Å². The zero-order valence-corrected chi connectivity index (χ0v) is 25.5. The normalized spacial score (nSPS) is 12.0. The lowest BCUT2D eigenvalue weighted by Crippen LogP contribution is -2.29. The molecule has 2 aromatic carbocycles. The molecule has 8 heteroatoms. The van der Waals surface area contributed by atoms with E-state index in [1.807, 2.05) is 36.4 Å². The molecule has 0 fully saturated rings. The monoisotopic (exact) mass is 596 g/mol. The summed E-state index contributed by atoms with van der Waals surface area (Å²) in [6.45, 7) is 8.78. The van der Waals surface area contributed by atoms with Crippen molar-refractivity contribution >= 4 is 45.6 Å². The lowest BCUT2D eigenvalue weighted by molar-refractivity contribution is -0.146. The highest BCUT2D eigenvalue weighted by Crippen LogP contribution is 2.37. The van der Waals surface area contributed by atoms with E-state index in [0.29, 0.717) is 33.0 Å². The molecule has 5 aromatic rings. The van der Waals surface area contributed by atoms with Gasteiger partial charge in [-0.05, 0) is 68.3 Å². The summed E-state index contributed by atoms with van der Waals surface area (Å²) in [7, 11) is 0. The molecule has 0 bridgehead atoms. The van der Waals surface area contributed by atoms with Crippen LogP contribution in [0.5, 0.6) is 5.75 Å². The Morgan fingerprint density at radius 1 is 0.930 bits per heavy atom. The van der Waals surface area contributed by atoms with Crippen molar-refractivity contribution in [2.75, 3.05) is 0 Å². The van der Waals surface area contributed by atoms with Gasteiger partial charge in [0.2, 0.25) is 5.78 Å². The number of aliphatic carboxylic acids is 1. The van der Waals surface area contributed by atoms with Crippen molar-refractivity contribution in [3.63, 3.8) is 0 Å². The van der Waals surface area contributed by atoms with Crippen molar-refractivity contribution in [1.29, 1.82) is 0 Å². The number of pyridine rings is 2. The van der Waals surface area contributed by atoms with Crippen LogP contribution in [0.15, 0.2) is 79.0 Å². The summed E-state index contributed by atoms with van der Waals surface area (Å²) in [4.78, 5) is 45.0. The molecule has 43 heavy (non-hydrogen) atoms. The number of para-hydroxylation sites is 1. The third-order valence-corrected chi connectivity index (χ3v) is 7.73. The van der Waals surface area contributed by atoms with Crippen molar-refractivity contribution in [3.05, 3.63) is 112 Å². The van der Waals surface area contributed by atoms with Gasteiger partial charge in [-0.1, -0.05) is 56.6 Å². The summed E-state index contributed by atoms with van der Waals surface area (Å²) in [5.74, 6) is -1.10. The Morgan fingerprint density at radius 3 is 2.30 bits per heavy atom. The highest BCUT2D eigenvalue weighted by atomic mass is 35.5. The molecule has 3 heterocycles. The minimum absolute atomic E-state index is 0.0347. The fourth-order valence-corrected chi connectivity index (χ4v) is 5.15. The smallest absolute Gasteiger partial charge is 0.309 e. The number of halogens is 1.